The number of aromatic nitrogens is 2. The van der Waals surface area contributed by atoms with Gasteiger partial charge in [-0.25, -0.2) is 9.51 Å². The number of nitrogens with zero attached hydrogens (tertiary/aromatic N) is 4. The Morgan fingerprint density at radius 3 is 2.88 bits per heavy atom. The van der Waals surface area contributed by atoms with Crippen LogP contribution in [0, 0.1) is 0 Å². The zero-order valence-electron chi connectivity index (χ0n) is 14.6. The Morgan fingerprint density at radius 2 is 2.08 bits per heavy atom. The Bertz CT molecular complexity index is 917. The molecule has 2 aliphatic rings. The van der Waals surface area contributed by atoms with Crippen molar-refractivity contribution in [3.05, 3.63) is 48.3 Å². The minimum atomic E-state index is -0.120. The standard InChI is InChI=1S/C19H22N6O/c20-15-13-14(26)6-7-16(15)22-18-17-5-1-2-11-25(17)23-19(18)21-8-12-24-9-3-4-10-24/h1-2,5-7,11,13H,3-4,8-10,12,20H2,(H,21,23)/b22-16+. The number of anilines is 1. The van der Waals surface area contributed by atoms with Gasteiger partial charge in [-0.05, 0) is 50.2 Å². The molecule has 2 aromatic rings. The molecule has 0 saturated carbocycles. The molecule has 7 nitrogen and oxygen atoms in total. The van der Waals surface area contributed by atoms with Crippen molar-refractivity contribution in [3.63, 3.8) is 0 Å². The van der Waals surface area contributed by atoms with Gasteiger partial charge in [-0.1, -0.05) is 6.07 Å². The van der Waals surface area contributed by atoms with Gasteiger partial charge in [0, 0.05) is 25.4 Å². The summed E-state index contributed by atoms with van der Waals surface area (Å²) in [5.41, 5.74) is 8.54. The van der Waals surface area contributed by atoms with E-state index in [4.69, 9.17) is 10.7 Å². The van der Waals surface area contributed by atoms with E-state index in [-0.39, 0.29) is 5.78 Å². The first-order chi connectivity index (χ1) is 12.7. The van der Waals surface area contributed by atoms with Crippen molar-refractivity contribution in [2.24, 2.45) is 10.7 Å². The fraction of sp³-hybridized carbons (Fsp3) is 0.316. The van der Waals surface area contributed by atoms with E-state index in [1.807, 2.05) is 24.4 Å². The van der Waals surface area contributed by atoms with E-state index in [0.29, 0.717) is 11.4 Å². The van der Waals surface area contributed by atoms with Crippen LogP contribution in [0.2, 0.25) is 0 Å². The highest BCUT2D eigenvalue weighted by Crippen LogP contribution is 2.30. The van der Waals surface area contributed by atoms with Crippen LogP contribution in [-0.4, -0.2) is 52.2 Å². The number of likely N-dealkylation sites (tertiary alicyclic amines) is 1. The number of allylic oxidation sites excluding steroid dienone is 3. The summed E-state index contributed by atoms with van der Waals surface area (Å²) in [6.07, 6.45) is 8.97. The summed E-state index contributed by atoms with van der Waals surface area (Å²) < 4.78 is 1.80. The third kappa shape index (κ3) is 3.39. The Hall–Kier alpha value is -2.93. The zero-order chi connectivity index (χ0) is 17.9. The van der Waals surface area contributed by atoms with Crippen molar-refractivity contribution in [2.45, 2.75) is 12.8 Å². The highest BCUT2D eigenvalue weighted by atomic mass is 16.1. The molecule has 1 aliphatic carbocycles. The molecule has 0 atom stereocenters. The maximum absolute atomic E-state index is 11.4. The van der Waals surface area contributed by atoms with Crippen LogP contribution in [-0.2, 0) is 4.79 Å². The second-order valence-electron chi connectivity index (χ2n) is 6.54. The maximum atomic E-state index is 11.4. The third-order valence-corrected chi connectivity index (χ3v) is 4.66. The molecule has 134 valence electrons. The Labute approximate surface area is 151 Å². The number of aliphatic imine (C=N–C) groups is 1. The molecule has 0 amide bonds. The number of carbonyl (C=O) groups is 1. The summed E-state index contributed by atoms with van der Waals surface area (Å²) in [6, 6.07) is 5.85. The number of nitrogens with two attached hydrogens (primary N) is 1. The van der Waals surface area contributed by atoms with E-state index >= 15 is 0 Å². The third-order valence-electron chi connectivity index (χ3n) is 4.66. The lowest BCUT2D eigenvalue weighted by molar-refractivity contribution is -0.110. The van der Waals surface area contributed by atoms with Crippen LogP contribution < -0.4 is 11.1 Å². The molecule has 1 aliphatic heterocycles. The topological polar surface area (TPSA) is 88.0 Å². The number of hydrogen-bond donors (Lipinski definition) is 2. The number of fused-ring (bicyclic) bond motifs is 1. The van der Waals surface area contributed by atoms with Gasteiger partial charge in [0.1, 0.15) is 5.69 Å². The number of rotatable bonds is 5. The smallest absolute Gasteiger partial charge is 0.180 e. The molecule has 26 heavy (non-hydrogen) atoms. The van der Waals surface area contributed by atoms with Crippen LogP contribution in [0.25, 0.3) is 5.52 Å². The highest BCUT2D eigenvalue weighted by Gasteiger charge is 2.16. The van der Waals surface area contributed by atoms with Crippen LogP contribution >= 0.6 is 0 Å². The van der Waals surface area contributed by atoms with Gasteiger partial charge in [0.15, 0.2) is 11.6 Å². The SMILES string of the molecule is NC1=CC(=O)C=C/C1=N\c1c(NCCN2CCCC2)nn2ccccc12. The predicted molar refractivity (Wildman–Crippen MR) is 103 cm³/mol. The number of nitrogens with one attached hydrogen (secondary N) is 1. The molecule has 1 saturated heterocycles. The average Bonchev–Trinajstić information content (AvgIpc) is 3.26. The zero-order valence-corrected chi connectivity index (χ0v) is 14.6. The van der Waals surface area contributed by atoms with Crippen LogP contribution in [0.4, 0.5) is 11.5 Å². The lowest BCUT2D eigenvalue weighted by Crippen LogP contribution is -2.26. The van der Waals surface area contributed by atoms with Crippen LogP contribution in [0.1, 0.15) is 12.8 Å². The van der Waals surface area contributed by atoms with Gasteiger partial charge in [-0.15, -0.1) is 5.10 Å². The van der Waals surface area contributed by atoms with E-state index < -0.39 is 0 Å². The second kappa shape index (κ2) is 7.13. The van der Waals surface area contributed by atoms with Crippen molar-refractivity contribution in [3.8, 4) is 0 Å². The number of hydrogen-bond acceptors (Lipinski definition) is 6. The lowest BCUT2D eigenvalue weighted by Gasteiger charge is -2.14. The molecule has 4 rings (SSSR count). The molecule has 3 heterocycles. The molecule has 2 aromatic heterocycles. The van der Waals surface area contributed by atoms with Gasteiger partial charge >= 0.3 is 0 Å². The Morgan fingerprint density at radius 1 is 1.23 bits per heavy atom. The molecule has 0 aromatic carbocycles. The van der Waals surface area contributed by atoms with Crippen molar-refractivity contribution in [1.82, 2.24) is 14.5 Å². The van der Waals surface area contributed by atoms with Gasteiger partial charge in [-0.2, -0.15) is 0 Å². The van der Waals surface area contributed by atoms with Gasteiger partial charge in [0.25, 0.3) is 0 Å². The van der Waals surface area contributed by atoms with E-state index in [0.717, 1.165) is 30.1 Å². The van der Waals surface area contributed by atoms with Crippen molar-refractivity contribution < 1.29 is 4.79 Å². The van der Waals surface area contributed by atoms with Gasteiger partial charge in [0.2, 0.25) is 0 Å². The first kappa shape index (κ1) is 16.5. The first-order valence-corrected chi connectivity index (χ1v) is 8.92. The van der Waals surface area contributed by atoms with Crippen molar-refractivity contribution in [2.75, 3.05) is 31.5 Å². The fourth-order valence-corrected chi connectivity index (χ4v) is 3.31. The minimum absolute atomic E-state index is 0.120. The summed E-state index contributed by atoms with van der Waals surface area (Å²) in [5.74, 6) is 0.603. The summed E-state index contributed by atoms with van der Waals surface area (Å²) in [6.45, 7) is 4.13. The minimum Gasteiger partial charge on any atom is -0.397 e. The van der Waals surface area contributed by atoms with Crippen molar-refractivity contribution >= 4 is 28.5 Å². The molecular weight excluding hydrogens is 328 g/mol. The Kier molecular flexibility index (Phi) is 4.53. The fourth-order valence-electron chi connectivity index (χ4n) is 3.31. The molecular formula is C19H22N6O. The quantitative estimate of drug-likeness (QED) is 0.804. The summed E-state index contributed by atoms with van der Waals surface area (Å²) in [7, 11) is 0. The number of ketones is 1. The molecule has 0 bridgehead atoms. The molecule has 3 N–H and O–H groups in total. The summed E-state index contributed by atoms with van der Waals surface area (Å²) in [4.78, 5) is 18.6. The number of carbonyl (C=O) groups excluding carboxylic acids is 1. The maximum Gasteiger partial charge on any atom is 0.180 e. The monoisotopic (exact) mass is 350 g/mol. The van der Waals surface area contributed by atoms with E-state index in [1.54, 1.807) is 10.6 Å². The molecule has 1 fully saturated rings. The highest BCUT2D eigenvalue weighted by molar-refractivity contribution is 6.20. The normalized spacial score (nSPS) is 19.5. The van der Waals surface area contributed by atoms with Crippen LogP contribution in [0.5, 0.6) is 0 Å². The van der Waals surface area contributed by atoms with E-state index in [2.05, 4.69) is 15.3 Å². The lowest BCUT2D eigenvalue weighted by atomic mass is 10.1. The molecule has 0 unspecified atom stereocenters. The Balaban J connectivity index is 1.62. The van der Waals surface area contributed by atoms with Gasteiger partial charge < -0.3 is 16.0 Å². The van der Waals surface area contributed by atoms with Crippen LogP contribution in [0.3, 0.4) is 0 Å². The predicted octanol–water partition coefficient (Wildman–Crippen LogP) is 1.90. The van der Waals surface area contributed by atoms with Gasteiger partial charge in [0.05, 0.1) is 16.9 Å². The van der Waals surface area contributed by atoms with E-state index in [9.17, 15) is 4.79 Å². The molecule has 0 radical (unpaired) electrons. The van der Waals surface area contributed by atoms with Crippen molar-refractivity contribution in [1.29, 1.82) is 0 Å². The molecule has 0 spiro atoms. The summed E-state index contributed by atoms with van der Waals surface area (Å²) in [5, 5.41) is 8.02. The first-order valence-electron chi connectivity index (χ1n) is 8.92. The summed E-state index contributed by atoms with van der Waals surface area (Å²) >= 11 is 0. The van der Waals surface area contributed by atoms with Gasteiger partial charge in [-0.3, -0.25) is 4.79 Å². The largest absolute Gasteiger partial charge is 0.397 e. The van der Waals surface area contributed by atoms with E-state index in [1.165, 1.54) is 38.1 Å². The second-order valence-corrected chi connectivity index (χ2v) is 6.54. The molecule has 7 heteroatoms. The average molecular weight is 350 g/mol. The van der Waals surface area contributed by atoms with Crippen LogP contribution in [0.15, 0.2) is 53.3 Å². The number of pyridine rings is 1.